The van der Waals surface area contributed by atoms with Crippen molar-refractivity contribution < 1.29 is 23.0 Å². The van der Waals surface area contributed by atoms with Crippen LogP contribution in [-0.2, 0) is 23.3 Å². The minimum absolute atomic E-state index is 0.0658. The van der Waals surface area contributed by atoms with E-state index in [-0.39, 0.29) is 38.9 Å². The lowest BCUT2D eigenvalue weighted by molar-refractivity contribution is 0.0539. The third-order valence-electron chi connectivity index (χ3n) is 7.81. The molecule has 2 aliphatic heterocycles. The predicted octanol–water partition coefficient (Wildman–Crippen LogP) is 4.96. The van der Waals surface area contributed by atoms with Crippen LogP contribution in [-0.4, -0.2) is 42.0 Å². The molecule has 202 valence electrons. The summed E-state index contributed by atoms with van der Waals surface area (Å²) in [5, 5.41) is 7.65. The van der Waals surface area contributed by atoms with E-state index in [9.17, 15) is 4.79 Å². The van der Waals surface area contributed by atoms with Gasteiger partial charge < -0.3 is 20.5 Å². The monoisotopic (exact) mass is 552 g/mol. The van der Waals surface area contributed by atoms with Crippen LogP contribution in [0.1, 0.15) is 34.3 Å². The smallest absolute Gasteiger partial charge is 0.249 e. The maximum Gasteiger partial charge on any atom is 0.249 e. The Kier molecular flexibility index (Phi) is 6.53. The van der Waals surface area contributed by atoms with Gasteiger partial charge in [0.05, 0.1) is 46.9 Å². The van der Waals surface area contributed by atoms with Gasteiger partial charge in [-0.05, 0) is 31.0 Å². The Morgan fingerprint density at radius 3 is 2.77 bits per heavy atom. The van der Waals surface area contributed by atoms with E-state index in [4.69, 9.17) is 26.8 Å². The lowest BCUT2D eigenvalue weighted by Crippen LogP contribution is -2.48. The normalized spacial score (nSPS) is 20.4. The van der Waals surface area contributed by atoms with E-state index >= 15 is 8.78 Å². The van der Waals surface area contributed by atoms with Crippen molar-refractivity contribution in [2.45, 2.75) is 37.5 Å². The van der Waals surface area contributed by atoms with Crippen molar-refractivity contribution in [3.8, 4) is 16.9 Å². The molecule has 0 unspecified atom stereocenters. The summed E-state index contributed by atoms with van der Waals surface area (Å²) in [6, 6.07) is 12.4. The number of fused-ring (bicyclic) bond motifs is 2. The van der Waals surface area contributed by atoms with E-state index in [1.807, 2.05) is 30.3 Å². The highest BCUT2D eigenvalue weighted by atomic mass is 35.5. The minimum Gasteiger partial charge on any atom is -0.480 e. The van der Waals surface area contributed by atoms with Gasteiger partial charge in [-0.3, -0.25) is 9.48 Å². The molecule has 1 amide bonds. The molecule has 0 radical (unpaired) electrons. The Hall–Kier alpha value is -3.53. The summed E-state index contributed by atoms with van der Waals surface area (Å²) in [4.78, 5) is 12.7. The number of aromatic nitrogens is 2. The van der Waals surface area contributed by atoms with Crippen LogP contribution in [0.15, 0.2) is 48.7 Å². The summed E-state index contributed by atoms with van der Waals surface area (Å²) in [6.45, 7) is 1.50. The number of nitrogens with one attached hydrogen (secondary N) is 1. The molecule has 2 aliphatic rings. The second kappa shape index (κ2) is 9.89. The molecule has 39 heavy (non-hydrogen) atoms. The van der Waals surface area contributed by atoms with Crippen molar-refractivity contribution in [1.29, 1.82) is 0 Å². The van der Waals surface area contributed by atoms with Crippen LogP contribution in [0.3, 0.4) is 0 Å². The SMILES string of the molecule is COCCn1ncc2c(F)c(-c3c(Cl)c(F)cc4c3C[C@](c3ccccc3)([C@@H]3CCCN3)O4)c(C(N)=O)cc21. The molecule has 0 bridgehead atoms. The van der Waals surface area contributed by atoms with Crippen molar-refractivity contribution in [2.24, 2.45) is 5.73 Å². The molecule has 1 saturated heterocycles. The van der Waals surface area contributed by atoms with Gasteiger partial charge in [-0.25, -0.2) is 8.78 Å². The van der Waals surface area contributed by atoms with E-state index in [1.165, 1.54) is 23.0 Å². The lowest BCUT2D eigenvalue weighted by atomic mass is 9.80. The fraction of sp³-hybridized carbons (Fsp3) is 0.310. The number of nitrogens with zero attached hydrogens (tertiary/aromatic N) is 2. The molecular formula is C29H27ClF2N4O3. The second-order valence-electron chi connectivity index (χ2n) is 9.98. The van der Waals surface area contributed by atoms with Crippen molar-refractivity contribution >= 4 is 28.4 Å². The van der Waals surface area contributed by atoms with Crippen molar-refractivity contribution in [3.05, 3.63) is 82.0 Å². The minimum atomic E-state index is -0.871. The summed E-state index contributed by atoms with van der Waals surface area (Å²) < 4.78 is 45.0. The number of ether oxygens (including phenoxy) is 2. The summed E-state index contributed by atoms with van der Waals surface area (Å²) in [5.41, 5.74) is 6.49. The first-order valence-electron chi connectivity index (χ1n) is 12.8. The number of hydrogen-bond acceptors (Lipinski definition) is 5. The highest BCUT2D eigenvalue weighted by Crippen LogP contribution is 2.52. The van der Waals surface area contributed by atoms with Gasteiger partial charge in [0.1, 0.15) is 17.4 Å². The van der Waals surface area contributed by atoms with E-state index < -0.39 is 23.1 Å². The zero-order valence-electron chi connectivity index (χ0n) is 21.3. The molecule has 1 fully saturated rings. The fourth-order valence-electron chi connectivity index (χ4n) is 5.99. The number of carbonyl (C=O) groups is 1. The number of halogens is 3. The van der Waals surface area contributed by atoms with E-state index in [1.54, 1.807) is 7.11 Å². The van der Waals surface area contributed by atoms with Crippen LogP contribution >= 0.6 is 11.6 Å². The van der Waals surface area contributed by atoms with E-state index in [0.29, 0.717) is 30.7 Å². The van der Waals surface area contributed by atoms with E-state index in [2.05, 4.69) is 10.4 Å². The molecule has 3 heterocycles. The van der Waals surface area contributed by atoms with Gasteiger partial charge in [-0.1, -0.05) is 41.9 Å². The van der Waals surface area contributed by atoms with Crippen LogP contribution in [0.5, 0.6) is 5.75 Å². The predicted molar refractivity (Wildman–Crippen MR) is 144 cm³/mol. The van der Waals surface area contributed by atoms with Crippen molar-refractivity contribution in [3.63, 3.8) is 0 Å². The average Bonchev–Trinajstić information content (AvgIpc) is 3.69. The molecule has 0 spiro atoms. The fourth-order valence-corrected chi connectivity index (χ4v) is 6.26. The summed E-state index contributed by atoms with van der Waals surface area (Å²) in [5.74, 6) is -2.14. The second-order valence-corrected chi connectivity index (χ2v) is 10.4. The average molecular weight is 553 g/mol. The van der Waals surface area contributed by atoms with Gasteiger partial charge in [0.15, 0.2) is 5.60 Å². The standard InChI is InChI=1S/C29H27ClF2N4O3/c1-38-11-10-36-21-12-17(28(33)37)25(27(32)19(21)15-35-36)24-18-14-29(23-8-5-9-34-23,16-6-3-2-4-7-16)39-22(18)13-20(31)26(24)30/h2-4,6-7,12-13,15,23,34H,5,8-11,14H2,1H3,(H2,33,37)/t23-,29-/m0/s1. The number of amides is 1. The van der Waals surface area contributed by atoms with Gasteiger partial charge in [-0.2, -0.15) is 5.10 Å². The quantitative estimate of drug-likeness (QED) is 0.338. The molecule has 3 N–H and O–H groups in total. The third-order valence-corrected chi connectivity index (χ3v) is 8.18. The summed E-state index contributed by atoms with van der Waals surface area (Å²) in [6.07, 6.45) is 3.48. The first-order chi connectivity index (χ1) is 18.9. The van der Waals surface area contributed by atoms with Gasteiger partial charge in [0, 0.05) is 36.3 Å². The van der Waals surface area contributed by atoms with Crippen LogP contribution in [0, 0.1) is 11.6 Å². The number of benzene rings is 3. The van der Waals surface area contributed by atoms with E-state index in [0.717, 1.165) is 24.9 Å². The van der Waals surface area contributed by atoms with Crippen LogP contribution < -0.4 is 15.8 Å². The maximum absolute atomic E-state index is 16.4. The Balaban J connectivity index is 1.59. The van der Waals surface area contributed by atoms with Gasteiger partial charge in [-0.15, -0.1) is 0 Å². The first-order valence-corrected chi connectivity index (χ1v) is 13.2. The zero-order valence-corrected chi connectivity index (χ0v) is 22.0. The largest absolute Gasteiger partial charge is 0.480 e. The molecule has 0 saturated carbocycles. The van der Waals surface area contributed by atoms with Crippen molar-refractivity contribution in [1.82, 2.24) is 15.1 Å². The lowest BCUT2D eigenvalue weighted by Gasteiger charge is -2.35. The van der Waals surface area contributed by atoms with Crippen LogP contribution in [0.25, 0.3) is 22.0 Å². The molecule has 4 aromatic rings. The Morgan fingerprint density at radius 1 is 1.28 bits per heavy atom. The molecular weight excluding hydrogens is 526 g/mol. The summed E-state index contributed by atoms with van der Waals surface area (Å²) >= 11 is 6.58. The number of rotatable bonds is 7. The highest BCUT2D eigenvalue weighted by Gasteiger charge is 2.50. The Bertz CT molecular complexity index is 1590. The third kappa shape index (κ3) is 4.07. The van der Waals surface area contributed by atoms with Crippen LogP contribution in [0.4, 0.5) is 8.78 Å². The zero-order chi connectivity index (χ0) is 27.3. The highest BCUT2D eigenvalue weighted by molar-refractivity contribution is 6.34. The Labute approximate surface area is 228 Å². The van der Waals surface area contributed by atoms with Gasteiger partial charge in [0.2, 0.25) is 5.91 Å². The molecule has 1 aromatic heterocycles. The Morgan fingerprint density at radius 2 is 2.08 bits per heavy atom. The molecule has 10 heteroatoms. The summed E-state index contributed by atoms with van der Waals surface area (Å²) in [7, 11) is 1.55. The number of carbonyl (C=O) groups excluding carboxylic acids is 1. The van der Waals surface area contributed by atoms with Crippen molar-refractivity contribution in [2.75, 3.05) is 20.3 Å². The molecule has 3 aromatic carbocycles. The number of primary amides is 1. The maximum atomic E-state index is 16.4. The van der Waals surface area contributed by atoms with Gasteiger partial charge >= 0.3 is 0 Å². The number of hydrogen-bond donors (Lipinski definition) is 2. The van der Waals surface area contributed by atoms with Crippen LogP contribution in [0.2, 0.25) is 5.02 Å². The first kappa shape index (κ1) is 25.7. The molecule has 0 aliphatic carbocycles. The molecule has 7 nitrogen and oxygen atoms in total. The number of methoxy groups -OCH3 is 1. The topological polar surface area (TPSA) is 91.4 Å². The molecule has 2 atom stereocenters. The molecule has 6 rings (SSSR count). The number of nitrogens with two attached hydrogens (primary N) is 1. The van der Waals surface area contributed by atoms with Gasteiger partial charge in [0.25, 0.3) is 0 Å².